The van der Waals surface area contributed by atoms with E-state index in [2.05, 4.69) is 46.1 Å². The molecule has 0 radical (unpaired) electrons. The van der Waals surface area contributed by atoms with Gasteiger partial charge in [-0.05, 0) is 74.8 Å². The van der Waals surface area contributed by atoms with E-state index in [-0.39, 0.29) is 11.8 Å². The molecule has 5 rings (SSSR count). The normalized spacial score (nSPS) is 16.1. The number of rotatable bonds is 10. The Morgan fingerprint density at radius 2 is 1.65 bits per heavy atom. The number of likely N-dealkylation sites (N-methyl/N-ethyl adjacent to an activating group) is 1. The van der Waals surface area contributed by atoms with Crippen molar-refractivity contribution in [1.29, 1.82) is 0 Å². The van der Waals surface area contributed by atoms with Gasteiger partial charge in [0.2, 0.25) is 10.0 Å². The highest BCUT2D eigenvalue weighted by Gasteiger charge is 2.32. The Balaban J connectivity index is 1.32. The standard InChI is InChI=1S/C32H38N4O3S/c1-34(23-26-7-4-3-5-8-26)28-16-19-36(20-17-28)24-29(21-25-11-13-30(37)14-12-25)35(2)40(38,39)32-10-6-9-27-22-33-18-15-31(27)32/h3-15,18,22,28-29,37H,16-17,19-21,23-24H2,1-2H3. The number of hydrogen-bond donors (Lipinski definition) is 1. The van der Waals surface area contributed by atoms with Crippen molar-refractivity contribution in [3.8, 4) is 5.75 Å². The number of likely N-dealkylation sites (tertiary alicyclic amines) is 1. The maximum Gasteiger partial charge on any atom is 0.243 e. The van der Waals surface area contributed by atoms with Gasteiger partial charge in [0.1, 0.15) is 5.75 Å². The molecule has 7 nitrogen and oxygen atoms in total. The molecule has 0 saturated carbocycles. The maximum absolute atomic E-state index is 14.0. The molecule has 1 aromatic heterocycles. The van der Waals surface area contributed by atoms with Gasteiger partial charge in [-0.3, -0.25) is 9.88 Å². The summed E-state index contributed by atoms with van der Waals surface area (Å²) in [5, 5.41) is 11.3. The summed E-state index contributed by atoms with van der Waals surface area (Å²) in [5.74, 6) is 0.201. The van der Waals surface area contributed by atoms with E-state index in [1.54, 1.807) is 54.1 Å². The van der Waals surface area contributed by atoms with E-state index in [4.69, 9.17) is 0 Å². The third-order valence-corrected chi connectivity index (χ3v) is 10.1. The third kappa shape index (κ3) is 6.53. The van der Waals surface area contributed by atoms with Crippen molar-refractivity contribution in [3.63, 3.8) is 0 Å². The molecule has 1 fully saturated rings. The fraction of sp³-hybridized carbons (Fsp3) is 0.344. The third-order valence-electron chi connectivity index (χ3n) is 8.14. The van der Waals surface area contributed by atoms with Crippen LogP contribution in [0.2, 0.25) is 0 Å². The summed E-state index contributed by atoms with van der Waals surface area (Å²) < 4.78 is 29.6. The van der Waals surface area contributed by atoms with E-state index in [0.29, 0.717) is 29.3 Å². The van der Waals surface area contributed by atoms with Crippen molar-refractivity contribution >= 4 is 20.8 Å². The van der Waals surface area contributed by atoms with Crippen LogP contribution < -0.4 is 0 Å². The van der Waals surface area contributed by atoms with Gasteiger partial charge in [-0.1, -0.05) is 54.6 Å². The molecule has 3 aromatic carbocycles. The van der Waals surface area contributed by atoms with Crippen molar-refractivity contribution in [2.45, 2.75) is 42.8 Å². The van der Waals surface area contributed by atoms with Gasteiger partial charge in [0.15, 0.2) is 0 Å². The molecule has 1 atom stereocenters. The van der Waals surface area contributed by atoms with Gasteiger partial charge in [-0.2, -0.15) is 4.31 Å². The van der Waals surface area contributed by atoms with Crippen LogP contribution in [-0.2, 0) is 23.0 Å². The Hall–Kier alpha value is -3.30. The number of sulfonamides is 1. The fourth-order valence-electron chi connectivity index (χ4n) is 5.72. The minimum absolute atomic E-state index is 0.201. The van der Waals surface area contributed by atoms with E-state index >= 15 is 0 Å². The minimum atomic E-state index is -3.78. The second-order valence-corrected chi connectivity index (χ2v) is 12.8. The smallest absolute Gasteiger partial charge is 0.243 e. The predicted molar refractivity (Wildman–Crippen MR) is 160 cm³/mol. The average molecular weight is 559 g/mol. The lowest BCUT2D eigenvalue weighted by molar-refractivity contribution is 0.109. The first kappa shape index (κ1) is 28.2. The molecular weight excluding hydrogens is 520 g/mol. The van der Waals surface area contributed by atoms with E-state index < -0.39 is 10.0 Å². The molecule has 1 saturated heterocycles. The molecule has 0 amide bonds. The van der Waals surface area contributed by atoms with Crippen LogP contribution in [0.5, 0.6) is 5.75 Å². The highest BCUT2D eigenvalue weighted by atomic mass is 32.2. The molecule has 210 valence electrons. The summed E-state index contributed by atoms with van der Waals surface area (Å²) >= 11 is 0. The molecule has 1 aliphatic rings. The molecule has 0 spiro atoms. The van der Waals surface area contributed by atoms with Crippen LogP contribution in [0.1, 0.15) is 24.0 Å². The maximum atomic E-state index is 14.0. The number of hydrogen-bond acceptors (Lipinski definition) is 6. The van der Waals surface area contributed by atoms with Crippen LogP contribution in [0.3, 0.4) is 0 Å². The van der Waals surface area contributed by atoms with Gasteiger partial charge in [0, 0.05) is 55.4 Å². The topological polar surface area (TPSA) is 77.0 Å². The molecule has 40 heavy (non-hydrogen) atoms. The van der Waals surface area contributed by atoms with Gasteiger partial charge < -0.3 is 10.0 Å². The molecule has 1 aliphatic heterocycles. The summed E-state index contributed by atoms with van der Waals surface area (Å²) in [6, 6.07) is 24.9. The Kier molecular flexibility index (Phi) is 8.81. The second kappa shape index (κ2) is 12.5. The number of aromatic hydroxyl groups is 1. The Morgan fingerprint density at radius 1 is 0.925 bits per heavy atom. The first-order valence-electron chi connectivity index (χ1n) is 13.9. The number of phenolic OH excluding ortho intramolecular Hbond substituents is 1. The SMILES string of the molecule is CN(Cc1ccccc1)C1CCN(CC(Cc2ccc(O)cc2)N(C)S(=O)(=O)c2cccc3cnccc23)CC1. The van der Waals surface area contributed by atoms with E-state index in [9.17, 15) is 13.5 Å². The Morgan fingerprint density at radius 3 is 2.38 bits per heavy atom. The Bertz CT molecular complexity index is 1500. The first-order valence-corrected chi connectivity index (χ1v) is 15.3. The van der Waals surface area contributed by atoms with Gasteiger partial charge in [-0.25, -0.2) is 8.42 Å². The zero-order chi connectivity index (χ0) is 28.1. The number of piperidine rings is 1. The highest BCUT2D eigenvalue weighted by Crippen LogP contribution is 2.27. The number of phenols is 1. The predicted octanol–water partition coefficient (Wildman–Crippen LogP) is 4.77. The van der Waals surface area contributed by atoms with Gasteiger partial charge in [0.25, 0.3) is 0 Å². The van der Waals surface area contributed by atoms with Crippen molar-refractivity contribution < 1.29 is 13.5 Å². The molecular formula is C32H38N4O3S. The van der Waals surface area contributed by atoms with E-state index in [0.717, 1.165) is 43.4 Å². The number of aromatic nitrogens is 1. The molecule has 2 heterocycles. The van der Waals surface area contributed by atoms with Gasteiger partial charge in [0.05, 0.1) is 4.90 Å². The lowest BCUT2D eigenvalue weighted by atomic mass is 10.0. The van der Waals surface area contributed by atoms with Gasteiger partial charge >= 0.3 is 0 Å². The minimum Gasteiger partial charge on any atom is -0.508 e. The van der Waals surface area contributed by atoms with Gasteiger partial charge in [-0.15, -0.1) is 0 Å². The first-order chi connectivity index (χ1) is 19.3. The Labute approximate surface area is 237 Å². The van der Waals surface area contributed by atoms with Crippen LogP contribution in [0, 0.1) is 0 Å². The molecule has 1 N–H and O–H groups in total. The second-order valence-electron chi connectivity index (χ2n) is 10.8. The zero-order valence-corrected chi connectivity index (χ0v) is 24.0. The van der Waals surface area contributed by atoms with Crippen molar-refractivity contribution in [1.82, 2.24) is 19.1 Å². The number of nitrogens with zero attached hydrogens (tertiary/aromatic N) is 4. The van der Waals surface area contributed by atoms with E-state index in [1.807, 2.05) is 24.3 Å². The number of fused-ring (bicyclic) bond motifs is 1. The lowest BCUT2D eigenvalue weighted by Gasteiger charge is -2.39. The largest absolute Gasteiger partial charge is 0.508 e. The van der Waals surface area contributed by atoms with Crippen LogP contribution >= 0.6 is 0 Å². The lowest BCUT2D eigenvalue weighted by Crippen LogP contribution is -2.50. The summed E-state index contributed by atoms with van der Waals surface area (Å²) in [4.78, 5) is 9.29. The van der Waals surface area contributed by atoms with Crippen LogP contribution in [-0.4, -0.2) is 78.4 Å². The number of pyridine rings is 1. The summed E-state index contributed by atoms with van der Waals surface area (Å²) in [6.45, 7) is 3.40. The molecule has 4 aromatic rings. The molecule has 8 heteroatoms. The van der Waals surface area contributed by atoms with E-state index in [1.165, 1.54) is 5.56 Å². The summed E-state index contributed by atoms with van der Waals surface area (Å²) in [7, 11) is 0.109. The van der Waals surface area contributed by atoms with Crippen LogP contribution in [0.25, 0.3) is 10.8 Å². The zero-order valence-electron chi connectivity index (χ0n) is 23.2. The van der Waals surface area contributed by atoms with Crippen molar-refractivity contribution in [3.05, 3.63) is 102 Å². The quantitative estimate of drug-likeness (QED) is 0.302. The average Bonchev–Trinajstić information content (AvgIpc) is 2.98. The van der Waals surface area contributed by atoms with Crippen molar-refractivity contribution in [2.24, 2.45) is 0 Å². The monoisotopic (exact) mass is 558 g/mol. The highest BCUT2D eigenvalue weighted by molar-refractivity contribution is 7.89. The van der Waals surface area contributed by atoms with Crippen LogP contribution in [0.4, 0.5) is 0 Å². The molecule has 0 bridgehead atoms. The molecule has 1 unspecified atom stereocenters. The van der Waals surface area contributed by atoms with Crippen LogP contribution in [0.15, 0.2) is 96.2 Å². The van der Waals surface area contributed by atoms with Crippen molar-refractivity contribution in [2.75, 3.05) is 33.7 Å². The number of benzene rings is 3. The summed E-state index contributed by atoms with van der Waals surface area (Å²) in [6.07, 6.45) is 5.97. The summed E-state index contributed by atoms with van der Waals surface area (Å²) in [5.41, 5.74) is 2.31. The molecule has 0 aliphatic carbocycles. The fourth-order valence-corrected chi connectivity index (χ4v) is 7.28.